The molecule has 0 saturated carbocycles. The molecule has 1 aromatic carbocycles. The number of aryl methyl sites for hydroxylation is 1. The summed E-state index contributed by atoms with van der Waals surface area (Å²) in [7, 11) is 0. The number of rotatable bonds is 4. The average molecular weight is 318 g/mol. The molecule has 1 aliphatic rings. The summed E-state index contributed by atoms with van der Waals surface area (Å²) in [4.78, 5) is 16.5. The maximum atomic E-state index is 4.79. The van der Waals surface area contributed by atoms with Gasteiger partial charge in [-0.1, -0.05) is 31.2 Å². The summed E-state index contributed by atoms with van der Waals surface area (Å²) in [5.74, 6) is 0.987. The highest BCUT2D eigenvalue weighted by molar-refractivity contribution is 5.78. The lowest BCUT2D eigenvalue weighted by molar-refractivity contribution is 0.240. The van der Waals surface area contributed by atoms with Crippen molar-refractivity contribution in [2.75, 3.05) is 6.54 Å². The van der Waals surface area contributed by atoms with Crippen molar-refractivity contribution in [1.29, 1.82) is 0 Å². The standard InChI is InChI=1S/C20H22N4/c1-2-5-20-21-12-16-13-24(11-10-19(16)23-20)14-17-9-8-15-6-3-4-7-18(15)22-17/h3-4,6-9,12H,2,5,10-11,13-14H2,1H3. The highest BCUT2D eigenvalue weighted by Crippen LogP contribution is 2.19. The van der Waals surface area contributed by atoms with Crippen molar-refractivity contribution in [3.63, 3.8) is 0 Å². The fourth-order valence-corrected chi connectivity index (χ4v) is 3.32. The third kappa shape index (κ3) is 3.15. The summed E-state index contributed by atoms with van der Waals surface area (Å²) >= 11 is 0. The first-order valence-corrected chi connectivity index (χ1v) is 8.72. The van der Waals surface area contributed by atoms with Gasteiger partial charge in [0.05, 0.1) is 11.2 Å². The number of nitrogens with zero attached hydrogens (tertiary/aromatic N) is 4. The molecule has 24 heavy (non-hydrogen) atoms. The van der Waals surface area contributed by atoms with Crippen LogP contribution in [0.4, 0.5) is 0 Å². The molecule has 0 saturated heterocycles. The van der Waals surface area contributed by atoms with Crippen LogP contribution in [-0.4, -0.2) is 26.4 Å². The van der Waals surface area contributed by atoms with Crippen LogP contribution < -0.4 is 0 Å². The molecule has 0 atom stereocenters. The smallest absolute Gasteiger partial charge is 0.128 e. The molecular formula is C20H22N4. The minimum Gasteiger partial charge on any atom is -0.293 e. The first-order chi connectivity index (χ1) is 11.8. The van der Waals surface area contributed by atoms with Crippen LogP contribution in [0.15, 0.2) is 42.6 Å². The van der Waals surface area contributed by atoms with E-state index in [0.29, 0.717) is 0 Å². The van der Waals surface area contributed by atoms with E-state index in [2.05, 4.69) is 47.1 Å². The van der Waals surface area contributed by atoms with Crippen molar-refractivity contribution >= 4 is 10.9 Å². The Morgan fingerprint density at radius 1 is 1.08 bits per heavy atom. The lowest BCUT2D eigenvalue weighted by atomic mass is 10.1. The van der Waals surface area contributed by atoms with Crippen LogP contribution in [0.3, 0.4) is 0 Å². The summed E-state index contributed by atoms with van der Waals surface area (Å²) in [5.41, 5.74) is 4.69. The predicted molar refractivity (Wildman–Crippen MR) is 95.6 cm³/mol. The molecule has 0 amide bonds. The highest BCUT2D eigenvalue weighted by atomic mass is 15.1. The molecule has 2 aromatic heterocycles. The number of para-hydroxylation sites is 1. The van der Waals surface area contributed by atoms with E-state index in [4.69, 9.17) is 9.97 Å². The number of aromatic nitrogens is 3. The van der Waals surface area contributed by atoms with Crippen LogP contribution in [0, 0.1) is 0 Å². The monoisotopic (exact) mass is 318 g/mol. The van der Waals surface area contributed by atoms with E-state index >= 15 is 0 Å². The van der Waals surface area contributed by atoms with E-state index in [0.717, 1.165) is 55.9 Å². The SMILES string of the molecule is CCCc1ncc2c(n1)CCN(Cc1ccc3ccccc3n1)C2. The zero-order valence-corrected chi connectivity index (χ0v) is 14.1. The third-order valence-electron chi connectivity index (χ3n) is 4.58. The maximum Gasteiger partial charge on any atom is 0.128 e. The quantitative estimate of drug-likeness (QED) is 0.738. The molecule has 3 heterocycles. The van der Waals surface area contributed by atoms with E-state index in [1.165, 1.54) is 16.6 Å². The molecule has 0 bridgehead atoms. The van der Waals surface area contributed by atoms with Gasteiger partial charge in [0.1, 0.15) is 5.82 Å². The van der Waals surface area contributed by atoms with Crippen molar-refractivity contribution in [2.45, 2.75) is 39.3 Å². The largest absolute Gasteiger partial charge is 0.293 e. The molecule has 0 fully saturated rings. The summed E-state index contributed by atoms with van der Waals surface area (Å²) in [6, 6.07) is 12.6. The molecule has 0 aliphatic carbocycles. The van der Waals surface area contributed by atoms with E-state index in [-0.39, 0.29) is 0 Å². The topological polar surface area (TPSA) is 41.9 Å². The van der Waals surface area contributed by atoms with Gasteiger partial charge < -0.3 is 0 Å². The second-order valence-corrected chi connectivity index (χ2v) is 6.46. The Morgan fingerprint density at radius 2 is 2.00 bits per heavy atom. The van der Waals surface area contributed by atoms with Crippen LogP contribution in [0.25, 0.3) is 10.9 Å². The summed E-state index contributed by atoms with van der Waals surface area (Å²) in [6.45, 7) is 4.99. The minimum absolute atomic E-state index is 0.876. The number of hydrogen-bond donors (Lipinski definition) is 0. The summed E-state index contributed by atoms with van der Waals surface area (Å²) in [5, 5.41) is 1.20. The Morgan fingerprint density at radius 3 is 2.92 bits per heavy atom. The van der Waals surface area contributed by atoms with Gasteiger partial charge in [0, 0.05) is 55.3 Å². The lowest BCUT2D eigenvalue weighted by Crippen LogP contribution is -2.31. The Hall–Kier alpha value is -2.33. The number of pyridine rings is 1. The summed E-state index contributed by atoms with van der Waals surface area (Å²) in [6.07, 6.45) is 5.09. The van der Waals surface area contributed by atoms with E-state index in [1.807, 2.05) is 12.3 Å². The first-order valence-electron chi connectivity index (χ1n) is 8.72. The second kappa shape index (κ2) is 6.65. The van der Waals surface area contributed by atoms with Crippen molar-refractivity contribution in [1.82, 2.24) is 19.9 Å². The molecule has 3 aromatic rings. The predicted octanol–water partition coefficient (Wildman–Crippen LogP) is 3.54. The molecule has 0 N–H and O–H groups in total. The molecule has 122 valence electrons. The Balaban J connectivity index is 1.49. The Bertz CT molecular complexity index is 859. The fraction of sp³-hybridized carbons (Fsp3) is 0.350. The molecule has 4 rings (SSSR count). The van der Waals surface area contributed by atoms with Gasteiger partial charge in [0.2, 0.25) is 0 Å². The van der Waals surface area contributed by atoms with Gasteiger partial charge in [-0.25, -0.2) is 9.97 Å². The normalized spacial score (nSPS) is 14.7. The van der Waals surface area contributed by atoms with E-state index in [1.54, 1.807) is 0 Å². The molecular weight excluding hydrogens is 296 g/mol. The number of hydrogen-bond acceptors (Lipinski definition) is 4. The Labute approximate surface area is 142 Å². The minimum atomic E-state index is 0.876. The van der Waals surface area contributed by atoms with Gasteiger partial charge in [-0.2, -0.15) is 0 Å². The van der Waals surface area contributed by atoms with Gasteiger partial charge in [-0.15, -0.1) is 0 Å². The molecule has 0 unspecified atom stereocenters. The van der Waals surface area contributed by atoms with Crippen molar-refractivity contribution in [2.24, 2.45) is 0 Å². The van der Waals surface area contributed by atoms with E-state index in [9.17, 15) is 0 Å². The van der Waals surface area contributed by atoms with E-state index < -0.39 is 0 Å². The van der Waals surface area contributed by atoms with Gasteiger partial charge in [-0.3, -0.25) is 9.88 Å². The van der Waals surface area contributed by atoms with Gasteiger partial charge in [0.25, 0.3) is 0 Å². The van der Waals surface area contributed by atoms with Crippen LogP contribution in [0.1, 0.15) is 36.1 Å². The zero-order chi connectivity index (χ0) is 16.4. The summed E-state index contributed by atoms with van der Waals surface area (Å²) < 4.78 is 0. The zero-order valence-electron chi connectivity index (χ0n) is 14.1. The maximum absolute atomic E-state index is 4.79. The Kier molecular flexibility index (Phi) is 4.22. The third-order valence-corrected chi connectivity index (χ3v) is 4.58. The highest BCUT2D eigenvalue weighted by Gasteiger charge is 2.18. The van der Waals surface area contributed by atoms with Crippen LogP contribution in [0.2, 0.25) is 0 Å². The van der Waals surface area contributed by atoms with Gasteiger partial charge in [-0.05, 0) is 18.6 Å². The van der Waals surface area contributed by atoms with Crippen molar-refractivity contribution < 1.29 is 0 Å². The first kappa shape index (κ1) is 15.2. The van der Waals surface area contributed by atoms with Gasteiger partial charge in [0.15, 0.2) is 0 Å². The van der Waals surface area contributed by atoms with Crippen molar-refractivity contribution in [3.8, 4) is 0 Å². The molecule has 4 nitrogen and oxygen atoms in total. The lowest BCUT2D eigenvalue weighted by Gasteiger charge is -2.27. The van der Waals surface area contributed by atoms with Crippen LogP contribution in [0.5, 0.6) is 0 Å². The molecule has 1 aliphatic heterocycles. The molecule has 4 heteroatoms. The average Bonchev–Trinajstić information content (AvgIpc) is 2.62. The number of benzene rings is 1. The van der Waals surface area contributed by atoms with Gasteiger partial charge >= 0.3 is 0 Å². The molecule has 0 spiro atoms. The fourth-order valence-electron chi connectivity index (χ4n) is 3.32. The van der Waals surface area contributed by atoms with Crippen LogP contribution in [-0.2, 0) is 25.9 Å². The second-order valence-electron chi connectivity index (χ2n) is 6.46. The molecule has 0 radical (unpaired) electrons. The van der Waals surface area contributed by atoms with Crippen LogP contribution >= 0.6 is 0 Å². The van der Waals surface area contributed by atoms with Crippen molar-refractivity contribution in [3.05, 3.63) is 65.4 Å². The number of fused-ring (bicyclic) bond motifs is 2.